The lowest BCUT2D eigenvalue weighted by Crippen LogP contribution is -2.18. The van der Waals surface area contributed by atoms with Crippen LogP contribution in [0, 0.1) is 6.92 Å². The molecule has 0 fully saturated rings. The second-order valence-electron chi connectivity index (χ2n) is 2.77. The van der Waals surface area contributed by atoms with Gasteiger partial charge in [0.1, 0.15) is 5.69 Å². The van der Waals surface area contributed by atoms with Gasteiger partial charge in [-0.25, -0.2) is 4.79 Å². The molecule has 0 aliphatic rings. The fourth-order valence-electron chi connectivity index (χ4n) is 0.903. The van der Waals surface area contributed by atoms with E-state index in [1.165, 1.54) is 12.3 Å². The highest BCUT2D eigenvalue weighted by atomic mass is 16.5. The molecule has 0 aliphatic heterocycles. The van der Waals surface area contributed by atoms with Crippen LogP contribution in [-0.2, 0) is 9.53 Å². The van der Waals surface area contributed by atoms with Crippen LogP contribution in [0.1, 0.15) is 23.0 Å². The number of hydrogen-bond donors (Lipinski definition) is 0. The Labute approximate surface area is 81.9 Å². The number of nitrogens with zero attached hydrogens (tertiary/aromatic N) is 1. The normalized spacial score (nSPS) is 9.57. The molecule has 0 unspecified atom stereocenters. The van der Waals surface area contributed by atoms with E-state index < -0.39 is 11.8 Å². The van der Waals surface area contributed by atoms with Crippen molar-refractivity contribution in [3.63, 3.8) is 0 Å². The van der Waals surface area contributed by atoms with Crippen molar-refractivity contribution in [3.8, 4) is 0 Å². The lowest BCUT2D eigenvalue weighted by molar-refractivity contribution is -0.137. The number of pyridine rings is 1. The molecule has 14 heavy (non-hydrogen) atoms. The zero-order chi connectivity index (χ0) is 10.6. The van der Waals surface area contributed by atoms with Gasteiger partial charge in [0.15, 0.2) is 0 Å². The fourth-order valence-corrected chi connectivity index (χ4v) is 0.903. The van der Waals surface area contributed by atoms with Gasteiger partial charge in [-0.2, -0.15) is 0 Å². The van der Waals surface area contributed by atoms with Crippen molar-refractivity contribution in [1.29, 1.82) is 0 Å². The van der Waals surface area contributed by atoms with E-state index in [-0.39, 0.29) is 12.3 Å². The van der Waals surface area contributed by atoms with E-state index in [4.69, 9.17) is 0 Å². The Hall–Kier alpha value is -1.71. The first-order chi connectivity index (χ1) is 6.65. The van der Waals surface area contributed by atoms with Crippen LogP contribution in [0.4, 0.5) is 0 Å². The minimum absolute atomic E-state index is 0.119. The standard InChI is InChI=1S/C10H11NO3/c1-3-14-10(13)9(12)8-5-4-7(2)6-11-8/h4-6H,3H2,1-2H3. The molecular weight excluding hydrogens is 182 g/mol. The minimum Gasteiger partial charge on any atom is -0.460 e. The van der Waals surface area contributed by atoms with E-state index >= 15 is 0 Å². The number of hydrogen-bond acceptors (Lipinski definition) is 4. The van der Waals surface area contributed by atoms with Crippen LogP contribution in [0.5, 0.6) is 0 Å². The average molecular weight is 193 g/mol. The maximum Gasteiger partial charge on any atom is 0.381 e. The first kappa shape index (κ1) is 10.4. The average Bonchev–Trinajstić information content (AvgIpc) is 2.18. The van der Waals surface area contributed by atoms with E-state index in [0.29, 0.717) is 0 Å². The third-order valence-electron chi connectivity index (χ3n) is 1.60. The van der Waals surface area contributed by atoms with Gasteiger partial charge in [-0.05, 0) is 25.5 Å². The van der Waals surface area contributed by atoms with E-state index in [1.807, 2.05) is 6.92 Å². The van der Waals surface area contributed by atoms with Crippen molar-refractivity contribution >= 4 is 11.8 Å². The predicted molar refractivity (Wildman–Crippen MR) is 49.9 cm³/mol. The molecule has 0 bridgehead atoms. The Balaban J connectivity index is 2.79. The summed E-state index contributed by atoms with van der Waals surface area (Å²) in [6, 6.07) is 3.23. The van der Waals surface area contributed by atoms with Crippen molar-refractivity contribution in [1.82, 2.24) is 4.98 Å². The molecule has 1 rings (SSSR count). The summed E-state index contributed by atoms with van der Waals surface area (Å²) in [5.74, 6) is -1.56. The van der Waals surface area contributed by atoms with Gasteiger partial charge in [0, 0.05) is 6.20 Å². The van der Waals surface area contributed by atoms with Crippen molar-refractivity contribution in [3.05, 3.63) is 29.6 Å². The highest BCUT2D eigenvalue weighted by Gasteiger charge is 2.18. The van der Waals surface area contributed by atoms with Gasteiger partial charge in [-0.3, -0.25) is 9.78 Å². The highest BCUT2D eigenvalue weighted by Crippen LogP contribution is 2.00. The molecule has 0 amide bonds. The number of aryl methyl sites for hydroxylation is 1. The monoisotopic (exact) mass is 193 g/mol. The number of Topliss-reactive ketones (excluding diaryl/α,β-unsaturated/α-hetero) is 1. The van der Waals surface area contributed by atoms with E-state index in [9.17, 15) is 9.59 Å². The van der Waals surface area contributed by atoms with E-state index in [2.05, 4.69) is 9.72 Å². The molecular formula is C10H11NO3. The van der Waals surface area contributed by atoms with Gasteiger partial charge < -0.3 is 4.74 Å². The summed E-state index contributed by atoms with van der Waals surface area (Å²) in [7, 11) is 0. The van der Waals surface area contributed by atoms with Gasteiger partial charge in [0.05, 0.1) is 6.61 Å². The molecule has 1 aromatic heterocycles. The van der Waals surface area contributed by atoms with Crippen molar-refractivity contribution in [2.75, 3.05) is 6.61 Å². The van der Waals surface area contributed by atoms with Gasteiger partial charge in [0.2, 0.25) is 0 Å². The Bertz CT molecular complexity index is 343. The molecule has 0 radical (unpaired) electrons. The van der Waals surface area contributed by atoms with Crippen LogP contribution in [-0.4, -0.2) is 23.3 Å². The third kappa shape index (κ3) is 2.39. The number of ketones is 1. The number of carbonyl (C=O) groups excluding carboxylic acids is 2. The smallest absolute Gasteiger partial charge is 0.381 e. The molecule has 0 N–H and O–H groups in total. The maximum atomic E-state index is 11.3. The van der Waals surface area contributed by atoms with Gasteiger partial charge in [0.25, 0.3) is 5.78 Å². The second kappa shape index (κ2) is 4.50. The summed E-state index contributed by atoms with van der Waals surface area (Å²) in [5.41, 5.74) is 1.06. The Morgan fingerprint density at radius 2 is 2.14 bits per heavy atom. The molecule has 1 heterocycles. The van der Waals surface area contributed by atoms with Crippen LogP contribution in [0.15, 0.2) is 18.3 Å². The first-order valence-electron chi connectivity index (χ1n) is 4.29. The topological polar surface area (TPSA) is 56.3 Å². The van der Waals surface area contributed by atoms with Crippen LogP contribution in [0.2, 0.25) is 0 Å². The number of rotatable bonds is 3. The van der Waals surface area contributed by atoms with Gasteiger partial charge >= 0.3 is 5.97 Å². The Morgan fingerprint density at radius 1 is 1.43 bits per heavy atom. The molecule has 0 aliphatic carbocycles. The first-order valence-corrected chi connectivity index (χ1v) is 4.29. The lowest BCUT2D eigenvalue weighted by Gasteiger charge is -2.00. The van der Waals surface area contributed by atoms with Crippen LogP contribution < -0.4 is 0 Å². The predicted octanol–water partition coefficient (Wildman–Crippen LogP) is 1.14. The van der Waals surface area contributed by atoms with Crippen LogP contribution in [0.25, 0.3) is 0 Å². The molecule has 1 aromatic rings. The van der Waals surface area contributed by atoms with Crippen molar-refractivity contribution in [2.24, 2.45) is 0 Å². The van der Waals surface area contributed by atoms with Gasteiger partial charge in [-0.15, -0.1) is 0 Å². The molecule has 0 atom stereocenters. The Morgan fingerprint density at radius 3 is 2.64 bits per heavy atom. The zero-order valence-electron chi connectivity index (χ0n) is 8.11. The molecule has 0 saturated carbocycles. The number of ether oxygens (including phenoxy) is 1. The summed E-state index contributed by atoms with van der Waals surface area (Å²) >= 11 is 0. The summed E-state index contributed by atoms with van der Waals surface area (Å²) in [6.45, 7) is 3.69. The van der Waals surface area contributed by atoms with Gasteiger partial charge in [-0.1, -0.05) is 6.07 Å². The SMILES string of the molecule is CCOC(=O)C(=O)c1ccc(C)cn1. The number of aromatic nitrogens is 1. The summed E-state index contributed by atoms with van der Waals surface area (Å²) in [4.78, 5) is 26.2. The molecule has 4 heteroatoms. The van der Waals surface area contributed by atoms with Crippen LogP contribution >= 0.6 is 0 Å². The molecule has 0 saturated heterocycles. The summed E-state index contributed by atoms with van der Waals surface area (Å²) < 4.78 is 4.56. The number of carbonyl (C=O) groups is 2. The summed E-state index contributed by atoms with van der Waals surface area (Å²) in [6.07, 6.45) is 1.53. The quantitative estimate of drug-likeness (QED) is 0.410. The highest BCUT2D eigenvalue weighted by molar-refractivity contribution is 6.40. The van der Waals surface area contributed by atoms with Crippen molar-refractivity contribution < 1.29 is 14.3 Å². The molecule has 0 aromatic carbocycles. The van der Waals surface area contributed by atoms with E-state index in [0.717, 1.165) is 5.56 Å². The molecule has 4 nitrogen and oxygen atoms in total. The minimum atomic E-state index is -0.858. The Kier molecular flexibility index (Phi) is 3.34. The maximum absolute atomic E-state index is 11.3. The number of esters is 1. The largest absolute Gasteiger partial charge is 0.460 e. The second-order valence-corrected chi connectivity index (χ2v) is 2.77. The van der Waals surface area contributed by atoms with Crippen molar-refractivity contribution in [2.45, 2.75) is 13.8 Å². The fraction of sp³-hybridized carbons (Fsp3) is 0.300. The zero-order valence-corrected chi connectivity index (χ0v) is 8.11. The lowest BCUT2D eigenvalue weighted by atomic mass is 10.2. The summed E-state index contributed by atoms with van der Waals surface area (Å²) in [5, 5.41) is 0. The van der Waals surface area contributed by atoms with Crippen LogP contribution in [0.3, 0.4) is 0 Å². The third-order valence-corrected chi connectivity index (χ3v) is 1.60. The molecule has 74 valence electrons. The van der Waals surface area contributed by atoms with E-state index in [1.54, 1.807) is 13.0 Å². The molecule has 0 spiro atoms.